The molecule has 0 aromatic carbocycles. The van der Waals surface area contributed by atoms with Crippen LogP contribution in [-0.4, -0.2) is 29.6 Å². The zero-order valence-electron chi connectivity index (χ0n) is 6.26. The summed E-state index contributed by atoms with van der Waals surface area (Å²) in [6.45, 7) is 5.81. The maximum absolute atomic E-state index is 10.7. The second kappa shape index (κ2) is 7.70. The Morgan fingerprint density at radius 2 is 2.00 bits per heavy atom. The van der Waals surface area contributed by atoms with E-state index in [2.05, 4.69) is 0 Å². The van der Waals surface area contributed by atoms with Crippen LogP contribution in [0.15, 0.2) is 0 Å². The highest BCUT2D eigenvalue weighted by Crippen LogP contribution is 2.23. The van der Waals surface area contributed by atoms with E-state index >= 15 is 0 Å². The molecule has 0 aliphatic heterocycles. The highest BCUT2D eigenvalue weighted by molar-refractivity contribution is 7.39. The molecule has 0 aliphatic carbocycles. The predicted octanol–water partition coefficient (Wildman–Crippen LogP) is 1.38. The molecule has 0 N–H and O–H groups in total. The zero-order chi connectivity index (χ0) is 7.28. The Kier molecular flexibility index (Phi) is 10.2. The monoisotopic (exact) mass is 179 g/mol. The highest BCUT2D eigenvalue weighted by Gasteiger charge is 2.16. The van der Waals surface area contributed by atoms with E-state index in [0.29, 0.717) is 6.16 Å². The Balaban J connectivity index is 0. The van der Waals surface area contributed by atoms with Gasteiger partial charge in [0.15, 0.2) is 23.5 Å². The normalized spacial score (nSPS) is 13.7. The summed E-state index contributed by atoms with van der Waals surface area (Å²) in [5.74, 6) is 0. The van der Waals surface area contributed by atoms with Crippen molar-refractivity contribution in [2.24, 2.45) is 0 Å². The molecule has 0 aromatic heterocycles. The van der Waals surface area contributed by atoms with E-state index in [1.54, 1.807) is 0 Å². The molecule has 0 spiro atoms. The van der Waals surface area contributed by atoms with Crippen molar-refractivity contribution in [1.29, 1.82) is 0 Å². The quantitative estimate of drug-likeness (QED) is 0.481. The van der Waals surface area contributed by atoms with Gasteiger partial charge in [-0.25, -0.2) is 0 Å². The minimum Gasteiger partial charge on any atom is -0.143 e. The van der Waals surface area contributed by atoms with Crippen LogP contribution in [0, 0.1) is 0 Å². The molecule has 10 heavy (non-hydrogen) atoms. The average Bonchev–Trinajstić information content (AvgIpc) is 1.87. The molecule has 0 amide bonds. The molecular weight excluding hydrogens is 162 g/mol. The molecular formula is C6H17AlO2P+. The van der Waals surface area contributed by atoms with Gasteiger partial charge in [-0.1, -0.05) is 6.92 Å². The van der Waals surface area contributed by atoms with Gasteiger partial charge in [-0.2, -0.15) is 0 Å². The van der Waals surface area contributed by atoms with Crippen molar-refractivity contribution >= 4 is 25.4 Å². The minimum absolute atomic E-state index is 0. The first-order valence-corrected chi connectivity index (χ1v) is 4.68. The Labute approximate surface area is 74.3 Å². The lowest BCUT2D eigenvalue weighted by atomic mass is 10.3. The molecule has 2 unspecified atom stereocenters. The van der Waals surface area contributed by atoms with Crippen LogP contribution >= 0.6 is 8.03 Å². The van der Waals surface area contributed by atoms with Crippen LogP contribution in [0.5, 0.6) is 0 Å². The van der Waals surface area contributed by atoms with Crippen LogP contribution < -0.4 is 0 Å². The van der Waals surface area contributed by atoms with Crippen LogP contribution in [0.4, 0.5) is 0 Å². The van der Waals surface area contributed by atoms with Gasteiger partial charge in [-0.05, 0) is 24.8 Å². The van der Waals surface area contributed by atoms with Crippen molar-refractivity contribution in [1.82, 2.24) is 0 Å². The maximum Gasteiger partial charge on any atom is 0.508 e. The summed E-state index contributed by atoms with van der Waals surface area (Å²) in [4.78, 5) is 0. The first kappa shape index (κ1) is 13.2. The lowest BCUT2D eigenvalue weighted by Gasteiger charge is -1.96. The van der Waals surface area contributed by atoms with Gasteiger partial charge in [-0.3, -0.25) is 0 Å². The van der Waals surface area contributed by atoms with Gasteiger partial charge in [0.2, 0.25) is 0 Å². The lowest BCUT2D eigenvalue weighted by Crippen LogP contribution is -1.99. The Morgan fingerprint density at radius 1 is 1.50 bits per heavy atom. The Hall–Kier alpha value is 0.592. The molecule has 0 radical (unpaired) electrons. The smallest absolute Gasteiger partial charge is 0.143 e. The topological polar surface area (TPSA) is 26.3 Å². The van der Waals surface area contributed by atoms with E-state index in [1.165, 1.54) is 0 Å². The fourth-order valence-electron chi connectivity index (χ4n) is 0.350. The first-order valence-electron chi connectivity index (χ1n) is 3.32. The second-order valence-corrected chi connectivity index (χ2v) is 3.48. The Morgan fingerprint density at radius 3 is 2.30 bits per heavy atom. The van der Waals surface area contributed by atoms with E-state index in [1.807, 2.05) is 20.8 Å². The summed E-state index contributed by atoms with van der Waals surface area (Å²) < 4.78 is 15.8. The molecule has 0 bridgehead atoms. The molecule has 0 fully saturated rings. The Bertz CT molecular complexity index is 97.7. The van der Waals surface area contributed by atoms with Crippen LogP contribution in [-0.2, 0) is 9.09 Å². The summed E-state index contributed by atoms with van der Waals surface area (Å²) in [5, 5.41) is 0. The van der Waals surface area contributed by atoms with E-state index < -0.39 is 8.03 Å². The van der Waals surface area contributed by atoms with Crippen molar-refractivity contribution in [3.05, 3.63) is 0 Å². The largest absolute Gasteiger partial charge is 0.508 e. The average molecular weight is 179 g/mol. The number of hydrogen-bond donors (Lipinski definition) is 0. The minimum atomic E-state index is -1.37. The molecule has 2 nitrogen and oxygen atoms in total. The van der Waals surface area contributed by atoms with Crippen molar-refractivity contribution in [3.8, 4) is 0 Å². The van der Waals surface area contributed by atoms with Crippen molar-refractivity contribution in [2.45, 2.75) is 33.3 Å². The lowest BCUT2D eigenvalue weighted by molar-refractivity contribution is 0.231. The maximum atomic E-state index is 10.7. The molecule has 0 heterocycles. The first-order chi connectivity index (χ1) is 4.20. The van der Waals surface area contributed by atoms with E-state index in [9.17, 15) is 4.57 Å². The van der Waals surface area contributed by atoms with Gasteiger partial charge in [0.25, 0.3) is 0 Å². The molecule has 0 saturated heterocycles. The van der Waals surface area contributed by atoms with E-state index in [0.717, 1.165) is 6.42 Å². The van der Waals surface area contributed by atoms with Gasteiger partial charge < -0.3 is 0 Å². The standard InChI is InChI=1S/C6H14O2P.Al.3H/c1-4-6(3)8-9(7)5-2;;;;/h6H,4-5H2,1-3H3;;;;/q+1;;;;. The molecule has 60 valence electrons. The van der Waals surface area contributed by atoms with Gasteiger partial charge in [0, 0.05) is 0 Å². The van der Waals surface area contributed by atoms with Gasteiger partial charge in [-0.15, -0.1) is 4.52 Å². The second-order valence-electron chi connectivity index (χ2n) is 1.97. The molecule has 0 aliphatic rings. The van der Waals surface area contributed by atoms with Crippen LogP contribution in [0.1, 0.15) is 27.2 Å². The fourth-order valence-corrected chi connectivity index (χ4v) is 1.05. The SMILES string of the molecule is CCC(C)O[P+](=O)CC.[AlH3]. The van der Waals surface area contributed by atoms with Gasteiger partial charge in [0.05, 0.1) is 0 Å². The molecule has 0 saturated carbocycles. The van der Waals surface area contributed by atoms with Gasteiger partial charge in [0.1, 0.15) is 6.10 Å². The third-order valence-corrected chi connectivity index (χ3v) is 2.24. The van der Waals surface area contributed by atoms with Crippen molar-refractivity contribution in [3.63, 3.8) is 0 Å². The van der Waals surface area contributed by atoms with Crippen LogP contribution in [0.25, 0.3) is 0 Å². The van der Waals surface area contributed by atoms with Gasteiger partial charge >= 0.3 is 8.03 Å². The fraction of sp³-hybridized carbons (Fsp3) is 1.00. The van der Waals surface area contributed by atoms with E-state index in [-0.39, 0.29) is 23.5 Å². The summed E-state index contributed by atoms with van der Waals surface area (Å²) in [7, 11) is -1.37. The molecule has 2 atom stereocenters. The van der Waals surface area contributed by atoms with Crippen molar-refractivity contribution < 1.29 is 9.09 Å². The molecule has 0 rings (SSSR count). The zero-order valence-corrected chi connectivity index (χ0v) is 7.15. The third kappa shape index (κ3) is 6.71. The number of hydrogen-bond acceptors (Lipinski definition) is 2. The summed E-state index contributed by atoms with van der Waals surface area (Å²) in [5.41, 5.74) is 0. The summed E-state index contributed by atoms with van der Waals surface area (Å²) in [6, 6.07) is 0. The van der Waals surface area contributed by atoms with Crippen LogP contribution in [0.2, 0.25) is 0 Å². The summed E-state index contributed by atoms with van der Waals surface area (Å²) >= 11 is 0. The summed E-state index contributed by atoms with van der Waals surface area (Å²) in [6.07, 6.45) is 1.70. The predicted molar refractivity (Wildman–Crippen MR) is 48.9 cm³/mol. The highest BCUT2D eigenvalue weighted by atomic mass is 31.1. The van der Waals surface area contributed by atoms with Crippen molar-refractivity contribution in [2.75, 3.05) is 6.16 Å². The molecule has 0 aromatic rings. The van der Waals surface area contributed by atoms with E-state index in [4.69, 9.17) is 4.52 Å². The third-order valence-electron chi connectivity index (χ3n) is 1.13. The number of rotatable bonds is 4. The van der Waals surface area contributed by atoms with Crippen LogP contribution in [0.3, 0.4) is 0 Å². The molecule has 4 heteroatoms.